The van der Waals surface area contributed by atoms with Gasteiger partial charge in [-0.15, -0.1) is 0 Å². The largest absolute Gasteiger partial charge is 0.367 e. The lowest BCUT2D eigenvalue weighted by molar-refractivity contribution is 0.627. The van der Waals surface area contributed by atoms with E-state index < -0.39 is 0 Å². The first-order valence-electron chi connectivity index (χ1n) is 6.15. The molecule has 1 heterocycles. The number of nitrogens with one attached hydrogen (secondary N) is 1. The number of nitrogens with two attached hydrogens (primary N) is 1. The smallest absolute Gasteiger partial charge is 0.140 e. The molecule has 0 bridgehead atoms. The SMILES string of the molecule is CCN(Cc1ccnc(NN)c1)c1ccc(F)cc1. The highest BCUT2D eigenvalue weighted by atomic mass is 19.1. The van der Waals surface area contributed by atoms with Gasteiger partial charge in [-0.05, 0) is 48.9 Å². The van der Waals surface area contributed by atoms with E-state index in [1.807, 2.05) is 12.1 Å². The van der Waals surface area contributed by atoms with Gasteiger partial charge in [-0.3, -0.25) is 0 Å². The lowest BCUT2D eigenvalue weighted by atomic mass is 10.2. The third kappa shape index (κ3) is 3.42. The molecule has 1 aromatic carbocycles. The van der Waals surface area contributed by atoms with Crippen LogP contribution in [0.1, 0.15) is 12.5 Å². The summed E-state index contributed by atoms with van der Waals surface area (Å²) < 4.78 is 12.9. The minimum absolute atomic E-state index is 0.224. The van der Waals surface area contributed by atoms with E-state index in [1.54, 1.807) is 18.3 Å². The second kappa shape index (κ2) is 6.15. The summed E-state index contributed by atoms with van der Waals surface area (Å²) in [6, 6.07) is 10.3. The number of halogens is 1. The monoisotopic (exact) mass is 260 g/mol. The predicted molar refractivity (Wildman–Crippen MR) is 75.2 cm³/mol. The van der Waals surface area contributed by atoms with Crippen LogP contribution in [0, 0.1) is 5.82 Å². The predicted octanol–water partition coefficient (Wildman–Crippen LogP) is 2.53. The van der Waals surface area contributed by atoms with Gasteiger partial charge >= 0.3 is 0 Å². The van der Waals surface area contributed by atoms with E-state index in [1.165, 1.54) is 12.1 Å². The molecular weight excluding hydrogens is 243 g/mol. The molecule has 0 fully saturated rings. The molecule has 19 heavy (non-hydrogen) atoms. The maximum absolute atomic E-state index is 12.9. The number of hydrogen-bond acceptors (Lipinski definition) is 4. The number of hydrazine groups is 1. The third-order valence-corrected chi connectivity index (χ3v) is 2.92. The Balaban J connectivity index is 2.16. The van der Waals surface area contributed by atoms with Crippen LogP contribution >= 0.6 is 0 Å². The van der Waals surface area contributed by atoms with Crippen molar-refractivity contribution >= 4 is 11.5 Å². The molecule has 5 heteroatoms. The van der Waals surface area contributed by atoms with Gasteiger partial charge < -0.3 is 10.3 Å². The average molecular weight is 260 g/mol. The number of nitrogens with zero attached hydrogens (tertiary/aromatic N) is 2. The van der Waals surface area contributed by atoms with Crippen molar-refractivity contribution in [3.63, 3.8) is 0 Å². The summed E-state index contributed by atoms with van der Waals surface area (Å²) in [4.78, 5) is 6.22. The normalized spacial score (nSPS) is 10.3. The van der Waals surface area contributed by atoms with Gasteiger partial charge in [-0.1, -0.05) is 0 Å². The van der Waals surface area contributed by atoms with Crippen molar-refractivity contribution in [2.24, 2.45) is 5.84 Å². The van der Waals surface area contributed by atoms with Crippen LogP contribution in [0.4, 0.5) is 15.9 Å². The lowest BCUT2D eigenvalue weighted by Crippen LogP contribution is -2.22. The molecule has 0 aliphatic carbocycles. The van der Waals surface area contributed by atoms with E-state index in [9.17, 15) is 4.39 Å². The minimum Gasteiger partial charge on any atom is -0.367 e. The summed E-state index contributed by atoms with van der Waals surface area (Å²) in [6.45, 7) is 3.62. The molecule has 0 amide bonds. The fraction of sp³-hybridized carbons (Fsp3) is 0.214. The topological polar surface area (TPSA) is 54.2 Å². The van der Waals surface area contributed by atoms with Gasteiger partial charge in [0.25, 0.3) is 0 Å². The molecule has 0 atom stereocenters. The Morgan fingerprint density at radius 2 is 2.00 bits per heavy atom. The number of rotatable bonds is 5. The fourth-order valence-electron chi connectivity index (χ4n) is 1.91. The Labute approximate surface area is 112 Å². The number of pyridine rings is 1. The van der Waals surface area contributed by atoms with Gasteiger partial charge in [0.2, 0.25) is 0 Å². The molecule has 4 nitrogen and oxygen atoms in total. The van der Waals surface area contributed by atoms with Crippen molar-refractivity contribution in [3.05, 3.63) is 54.0 Å². The van der Waals surface area contributed by atoms with Crippen LogP contribution in [-0.4, -0.2) is 11.5 Å². The number of aromatic nitrogens is 1. The van der Waals surface area contributed by atoms with Crippen LogP contribution < -0.4 is 16.2 Å². The van der Waals surface area contributed by atoms with Crippen molar-refractivity contribution in [2.45, 2.75) is 13.5 Å². The molecule has 1 aromatic heterocycles. The molecular formula is C14H17FN4. The van der Waals surface area contributed by atoms with Gasteiger partial charge in [0, 0.05) is 25.0 Å². The van der Waals surface area contributed by atoms with Gasteiger partial charge in [-0.2, -0.15) is 0 Å². The third-order valence-electron chi connectivity index (χ3n) is 2.92. The maximum atomic E-state index is 12.9. The Hall–Kier alpha value is -2.14. The molecule has 0 spiro atoms. The second-order valence-electron chi connectivity index (χ2n) is 4.18. The van der Waals surface area contributed by atoms with Crippen LogP contribution in [0.25, 0.3) is 0 Å². The van der Waals surface area contributed by atoms with Crippen molar-refractivity contribution in [1.82, 2.24) is 4.98 Å². The van der Waals surface area contributed by atoms with Gasteiger partial charge in [0.05, 0.1) is 0 Å². The van der Waals surface area contributed by atoms with Crippen LogP contribution in [0.3, 0.4) is 0 Å². The molecule has 2 aromatic rings. The first-order valence-corrected chi connectivity index (χ1v) is 6.15. The average Bonchev–Trinajstić information content (AvgIpc) is 2.46. The molecule has 0 saturated carbocycles. The zero-order valence-corrected chi connectivity index (χ0v) is 10.8. The Morgan fingerprint density at radius 1 is 1.26 bits per heavy atom. The molecule has 0 aliphatic heterocycles. The molecule has 0 radical (unpaired) electrons. The molecule has 100 valence electrons. The summed E-state index contributed by atoms with van der Waals surface area (Å²) in [5.41, 5.74) is 4.61. The van der Waals surface area contributed by atoms with E-state index in [4.69, 9.17) is 5.84 Å². The minimum atomic E-state index is -0.224. The molecule has 0 unspecified atom stereocenters. The summed E-state index contributed by atoms with van der Waals surface area (Å²) in [7, 11) is 0. The van der Waals surface area contributed by atoms with Crippen molar-refractivity contribution in [2.75, 3.05) is 16.9 Å². The van der Waals surface area contributed by atoms with Crippen LogP contribution in [-0.2, 0) is 6.54 Å². The maximum Gasteiger partial charge on any atom is 0.140 e. The Bertz CT molecular complexity index is 527. The standard InChI is InChI=1S/C14H17FN4/c1-2-19(13-5-3-12(15)4-6-13)10-11-7-8-17-14(9-11)18-16/h3-9H,2,10,16H2,1H3,(H,17,18). The highest BCUT2D eigenvalue weighted by Crippen LogP contribution is 2.18. The van der Waals surface area contributed by atoms with Crippen LogP contribution in [0.15, 0.2) is 42.6 Å². The van der Waals surface area contributed by atoms with Gasteiger partial charge in [0.1, 0.15) is 11.6 Å². The van der Waals surface area contributed by atoms with Crippen LogP contribution in [0.5, 0.6) is 0 Å². The Kier molecular flexibility index (Phi) is 4.30. The van der Waals surface area contributed by atoms with E-state index in [-0.39, 0.29) is 5.82 Å². The number of benzene rings is 1. The van der Waals surface area contributed by atoms with Crippen molar-refractivity contribution in [3.8, 4) is 0 Å². The van der Waals surface area contributed by atoms with E-state index in [0.717, 1.165) is 24.3 Å². The first kappa shape index (κ1) is 13.3. The highest BCUT2D eigenvalue weighted by molar-refractivity contribution is 5.47. The summed E-state index contributed by atoms with van der Waals surface area (Å²) in [5, 5.41) is 0. The molecule has 2 rings (SSSR count). The zero-order chi connectivity index (χ0) is 13.7. The van der Waals surface area contributed by atoms with E-state index in [0.29, 0.717) is 5.82 Å². The summed E-state index contributed by atoms with van der Waals surface area (Å²) in [5.74, 6) is 5.75. The number of anilines is 2. The van der Waals surface area contributed by atoms with Gasteiger partial charge in [0.15, 0.2) is 0 Å². The zero-order valence-electron chi connectivity index (χ0n) is 10.8. The van der Waals surface area contributed by atoms with Crippen molar-refractivity contribution in [1.29, 1.82) is 0 Å². The highest BCUT2D eigenvalue weighted by Gasteiger charge is 2.06. The Morgan fingerprint density at radius 3 is 2.63 bits per heavy atom. The number of hydrogen-bond donors (Lipinski definition) is 2. The summed E-state index contributed by atoms with van der Waals surface area (Å²) >= 11 is 0. The quantitative estimate of drug-likeness (QED) is 0.640. The fourth-order valence-corrected chi connectivity index (χ4v) is 1.91. The molecule has 3 N–H and O–H groups in total. The second-order valence-corrected chi connectivity index (χ2v) is 4.18. The molecule has 0 saturated heterocycles. The van der Waals surface area contributed by atoms with Crippen LogP contribution in [0.2, 0.25) is 0 Å². The molecule has 0 aliphatic rings. The first-order chi connectivity index (χ1) is 9.22. The lowest BCUT2D eigenvalue weighted by Gasteiger charge is -2.23. The van der Waals surface area contributed by atoms with Crippen molar-refractivity contribution < 1.29 is 4.39 Å². The summed E-state index contributed by atoms with van der Waals surface area (Å²) in [6.07, 6.45) is 1.71. The van der Waals surface area contributed by atoms with E-state index in [2.05, 4.69) is 22.2 Å². The van der Waals surface area contributed by atoms with Gasteiger partial charge in [-0.25, -0.2) is 15.2 Å². The number of nitrogen functional groups attached to an aromatic ring is 1. The van der Waals surface area contributed by atoms with E-state index >= 15 is 0 Å².